The summed E-state index contributed by atoms with van der Waals surface area (Å²) in [4.78, 5) is 19.5. The minimum absolute atomic E-state index is 0.139. The lowest BCUT2D eigenvalue weighted by Gasteiger charge is -2.10. The van der Waals surface area contributed by atoms with Crippen LogP contribution in [0, 0.1) is 0 Å². The summed E-state index contributed by atoms with van der Waals surface area (Å²) in [6, 6.07) is 21.0. The molecular formula is C28H28N6O2. The van der Waals surface area contributed by atoms with Gasteiger partial charge in [0.25, 0.3) is 5.91 Å². The zero-order valence-electron chi connectivity index (χ0n) is 20.5. The second-order valence-corrected chi connectivity index (χ2v) is 8.74. The van der Waals surface area contributed by atoms with Gasteiger partial charge in [0.05, 0.1) is 12.8 Å². The van der Waals surface area contributed by atoms with Crippen LogP contribution >= 0.6 is 0 Å². The normalized spacial score (nSPS) is 13.6. The lowest BCUT2D eigenvalue weighted by atomic mass is 10.1. The van der Waals surface area contributed by atoms with E-state index in [1.807, 2.05) is 80.8 Å². The van der Waals surface area contributed by atoms with E-state index in [-0.39, 0.29) is 5.91 Å². The molecule has 8 heteroatoms. The van der Waals surface area contributed by atoms with Crippen LogP contribution in [0.4, 0.5) is 11.6 Å². The SMILES string of the molecule is COc1ccc(-c2cccc3nc(Nc4ccc(C(=O)NC5=C(C)CCN(C)C=C5)cc4)nn23)cc1. The van der Waals surface area contributed by atoms with E-state index >= 15 is 0 Å². The highest BCUT2D eigenvalue weighted by Crippen LogP contribution is 2.24. The van der Waals surface area contributed by atoms with Crippen LogP contribution in [0.3, 0.4) is 0 Å². The number of amides is 1. The summed E-state index contributed by atoms with van der Waals surface area (Å²) < 4.78 is 7.07. The second kappa shape index (κ2) is 9.95. The van der Waals surface area contributed by atoms with Crippen LogP contribution in [0.1, 0.15) is 23.7 Å². The highest BCUT2D eigenvalue weighted by atomic mass is 16.5. The molecule has 1 aliphatic heterocycles. The van der Waals surface area contributed by atoms with Gasteiger partial charge in [-0.3, -0.25) is 4.79 Å². The Labute approximate surface area is 209 Å². The van der Waals surface area contributed by atoms with Gasteiger partial charge in [0.1, 0.15) is 5.75 Å². The molecule has 0 atom stereocenters. The number of benzene rings is 2. The Bertz CT molecular complexity index is 1450. The molecule has 4 aromatic rings. The molecule has 1 aliphatic rings. The molecule has 182 valence electrons. The molecule has 0 unspecified atom stereocenters. The van der Waals surface area contributed by atoms with Crippen molar-refractivity contribution in [1.82, 2.24) is 24.8 Å². The molecule has 0 aliphatic carbocycles. The maximum Gasteiger partial charge on any atom is 0.255 e. The number of aromatic nitrogens is 3. The van der Waals surface area contributed by atoms with Crippen molar-refractivity contribution in [3.05, 3.63) is 95.8 Å². The first-order valence-electron chi connectivity index (χ1n) is 11.8. The van der Waals surface area contributed by atoms with Gasteiger partial charge in [0.2, 0.25) is 5.95 Å². The van der Waals surface area contributed by atoms with E-state index in [1.165, 1.54) is 0 Å². The number of pyridine rings is 1. The van der Waals surface area contributed by atoms with Gasteiger partial charge in [-0.25, -0.2) is 4.52 Å². The Morgan fingerprint density at radius 3 is 2.56 bits per heavy atom. The molecule has 3 heterocycles. The summed E-state index contributed by atoms with van der Waals surface area (Å²) in [5.41, 5.74) is 6.05. The van der Waals surface area contributed by atoms with Crippen LogP contribution in [0.5, 0.6) is 5.75 Å². The Kier molecular flexibility index (Phi) is 6.40. The summed E-state index contributed by atoms with van der Waals surface area (Å²) in [7, 11) is 3.68. The Hall–Kier alpha value is -4.59. The van der Waals surface area contributed by atoms with Crippen molar-refractivity contribution in [3.8, 4) is 17.0 Å². The van der Waals surface area contributed by atoms with E-state index < -0.39 is 0 Å². The number of methoxy groups -OCH3 is 1. The van der Waals surface area contributed by atoms with Crippen LogP contribution in [0.25, 0.3) is 16.9 Å². The molecule has 2 aromatic carbocycles. The van der Waals surface area contributed by atoms with E-state index in [4.69, 9.17) is 4.74 Å². The molecule has 0 bridgehead atoms. The lowest BCUT2D eigenvalue weighted by molar-refractivity contribution is 0.0966. The highest BCUT2D eigenvalue weighted by molar-refractivity contribution is 5.96. The fourth-order valence-electron chi connectivity index (χ4n) is 4.01. The summed E-state index contributed by atoms with van der Waals surface area (Å²) >= 11 is 0. The molecule has 0 fully saturated rings. The van der Waals surface area contributed by atoms with Crippen molar-refractivity contribution in [3.63, 3.8) is 0 Å². The van der Waals surface area contributed by atoms with Gasteiger partial charge in [-0.2, -0.15) is 4.98 Å². The van der Waals surface area contributed by atoms with E-state index in [0.29, 0.717) is 11.5 Å². The van der Waals surface area contributed by atoms with Crippen LogP contribution in [0.15, 0.2) is 90.3 Å². The van der Waals surface area contributed by atoms with Gasteiger partial charge in [0, 0.05) is 42.3 Å². The third kappa shape index (κ3) is 4.93. The first-order valence-corrected chi connectivity index (χ1v) is 11.8. The predicted octanol–water partition coefficient (Wildman–Crippen LogP) is 5.00. The van der Waals surface area contributed by atoms with Gasteiger partial charge >= 0.3 is 0 Å². The Morgan fingerprint density at radius 1 is 1.03 bits per heavy atom. The van der Waals surface area contributed by atoms with Crippen molar-refractivity contribution < 1.29 is 9.53 Å². The number of hydrogen-bond donors (Lipinski definition) is 2. The number of carbonyl (C=O) groups is 1. The fraction of sp³-hybridized carbons (Fsp3) is 0.179. The van der Waals surface area contributed by atoms with Crippen molar-refractivity contribution >= 4 is 23.2 Å². The number of nitrogens with one attached hydrogen (secondary N) is 2. The summed E-state index contributed by atoms with van der Waals surface area (Å²) in [6.45, 7) is 2.98. The molecule has 5 rings (SSSR count). The van der Waals surface area contributed by atoms with Crippen molar-refractivity contribution in [2.24, 2.45) is 0 Å². The number of fused-ring (bicyclic) bond motifs is 1. The quantitative estimate of drug-likeness (QED) is 0.404. The van der Waals surface area contributed by atoms with Crippen LogP contribution in [-0.4, -0.2) is 46.1 Å². The minimum Gasteiger partial charge on any atom is -0.497 e. The number of carbonyl (C=O) groups excluding carboxylic acids is 1. The molecule has 0 saturated carbocycles. The maximum atomic E-state index is 12.8. The third-order valence-corrected chi connectivity index (χ3v) is 6.19. The minimum atomic E-state index is -0.139. The lowest BCUT2D eigenvalue weighted by Crippen LogP contribution is -2.22. The monoisotopic (exact) mass is 480 g/mol. The van der Waals surface area contributed by atoms with Gasteiger partial charge in [-0.15, -0.1) is 5.10 Å². The van der Waals surface area contributed by atoms with E-state index in [2.05, 4.69) is 25.6 Å². The zero-order valence-corrected chi connectivity index (χ0v) is 20.5. The third-order valence-electron chi connectivity index (χ3n) is 6.19. The summed E-state index contributed by atoms with van der Waals surface area (Å²) in [5.74, 6) is 1.14. The van der Waals surface area contributed by atoms with E-state index in [0.717, 1.165) is 52.6 Å². The van der Waals surface area contributed by atoms with Gasteiger partial charge in [-0.1, -0.05) is 6.07 Å². The number of hydrogen-bond acceptors (Lipinski definition) is 6. The molecule has 0 spiro atoms. The molecule has 0 saturated heterocycles. The van der Waals surface area contributed by atoms with Crippen LogP contribution in [-0.2, 0) is 0 Å². The predicted molar refractivity (Wildman–Crippen MR) is 141 cm³/mol. The average Bonchev–Trinajstić information content (AvgIpc) is 3.25. The number of rotatable bonds is 6. The molecule has 2 N–H and O–H groups in total. The molecule has 2 aromatic heterocycles. The number of allylic oxidation sites excluding steroid dienone is 1. The molecule has 36 heavy (non-hydrogen) atoms. The molecule has 0 radical (unpaired) electrons. The second-order valence-electron chi connectivity index (χ2n) is 8.74. The van der Waals surface area contributed by atoms with Crippen molar-refractivity contribution in [2.45, 2.75) is 13.3 Å². The number of ether oxygens (including phenoxy) is 1. The molecular weight excluding hydrogens is 452 g/mol. The first-order chi connectivity index (χ1) is 17.5. The van der Waals surface area contributed by atoms with Crippen molar-refractivity contribution in [2.75, 3.05) is 26.0 Å². The average molecular weight is 481 g/mol. The summed E-state index contributed by atoms with van der Waals surface area (Å²) in [6.07, 6.45) is 4.85. The van der Waals surface area contributed by atoms with Gasteiger partial charge in [-0.05, 0) is 85.7 Å². The summed E-state index contributed by atoms with van der Waals surface area (Å²) in [5, 5.41) is 10.9. The first kappa shape index (κ1) is 23.2. The Balaban J connectivity index is 1.31. The molecule has 8 nitrogen and oxygen atoms in total. The largest absolute Gasteiger partial charge is 0.497 e. The number of anilines is 2. The van der Waals surface area contributed by atoms with Crippen LogP contribution < -0.4 is 15.4 Å². The van der Waals surface area contributed by atoms with Crippen LogP contribution in [0.2, 0.25) is 0 Å². The van der Waals surface area contributed by atoms with E-state index in [9.17, 15) is 4.79 Å². The van der Waals surface area contributed by atoms with E-state index in [1.54, 1.807) is 23.8 Å². The topological polar surface area (TPSA) is 83.8 Å². The maximum absolute atomic E-state index is 12.8. The van der Waals surface area contributed by atoms with Crippen molar-refractivity contribution in [1.29, 1.82) is 0 Å². The molecule has 1 amide bonds. The van der Waals surface area contributed by atoms with Gasteiger partial charge in [0.15, 0.2) is 5.65 Å². The smallest absolute Gasteiger partial charge is 0.255 e. The highest BCUT2D eigenvalue weighted by Gasteiger charge is 2.13. The van der Waals surface area contributed by atoms with Gasteiger partial charge < -0.3 is 20.3 Å². The Morgan fingerprint density at radius 2 is 1.81 bits per heavy atom. The zero-order chi connectivity index (χ0) is 25.1. The standard InChI is InChI=1S/C28H28N6O2/c1-19-15-17-33(2)18-16-24(19)30-27(35)21-7-11-22(12-8-21)29-28-31-26-6-4-5-25(34(26)32-28)20-9-13-23(36-3)14-10-20/h4-14,16,18H,15,17H2,1-3H3,(H,29,32)(H,30,35). The number of nitrogens with zero attached hydrogens (tertiary/aromatic N) is 4. The fourth-order valence-corrected chi connectivity index (χ4v) is 4.01.